The van der Waals surface area contributed by atoms with Crippen molar-refractivity contribution in [3.63, 3.8) is 0 Å². The van der Waals surface area contributed by atoms with E-state index in [0.29, 0.717) is 0 Å². The highest BCUT2D eigenvalue weighted by molar-refractivity contribution is 5.86. The van der Waals surface area contributed by atoms with Crippen molar-refractivity contribution >= 4 is 11.9 Å². The number of likely N-dealkylation sites (tertiary alicyclic amines) is 1. The Morgan fingerprint density at radius 2 is 2.00 bits per heavy atom. The quantitative estimate of drug-likeness (QED) is 0.765. The number of hydrogen-bond donors (Lipinski definition) is 2. The third-order valence-corrected chi connectivity index (χ3v) is 3.36. The summed E-state index contributed by atoms with van der Waals surface area (Å²) in [5, 5.41) is 18.8. The highest BCUT2D eigenvalue weighted by Gasteiger charge is 2.39. The lowest BCUT2D eigenvalue weighted by Crippen LogP contribution is -2.42. The first-order chi connectivity index (χ1) is 9.51. The van der Waals surface area contributed by atoms with Crippen LogP contribution >= 0.6 is 0 Å². The number of nitrogens with zero attached hydrogens (tertiary/aromatic N) is 1. The summed E-state index contributed by atoms with van der Waals surface area (Å²) in [7, 11) is 1.26. The number of carbonyl (C=O) groups is 2. The fourth-order valence-corrected chi connectivity index (χ4v) is 2.34. The van der Waals surface area contributed by atoms with E-state index in [2.05, 4.69) is 4.74 Å². The summed E-state index contributed by atoms with van der Waals surface area (Å²) in [5.74, 6) is -0.631. The van der Waals surface area contributed by atoms with Gasteiger partial charge in [-0.3, -0.25) is 4.79 Å². The molecule has 0 saturated carbocycles. The van der Waals surface area contributed by atoms with Crippen molar-refractivity contribution in [1.82, 2.24) is 4.90 Å². The monoisotopic (exact) mass is 279 g/mol. The van der Waals surface area contributed by atoms with Crippen LogP contribution in [0.5, 0.6) is 5.75 Å². The van der Waals surface area contributed by atoms with Gasteiger partial charge in [0.25, 0.3) is 0 Å². The Kier molecular flexibility index (Phi) is 4.24. The lowest BCUT2D eigenvalue weighted by Gasteiger charge is -2.22. The number of esters is 1. The Labute approximate surface area is 116 Å². The molecule has 0 aliphatic carbocycles. The molecule has 108 valence electrons. The van der Waals surface area contributed by atoms with E-state index in [4.69, 9.17) is 0 Å². The number of hydrogen-bond acceptors (Lipinski definition) is 5. The largest absolute Gasteiger partial charge is 0.508 e. The number of phenols is 1. The lowest BCUT2D eigenvalue weighted by atomic mass is 10.1. The van der Waals surface area contributed by atoms with E-state index in [9.17, 15) is 19.8 Å². The summed E-state index contributed by atoms with van der Waals surface area (Å²) < 4.78 is 4.65. The number of amides is 1. The van der Waals surface area contributed by atoms with Gasteiger partial charge in [-0.25, -0.2) is 4.79 Å². The average molecular weight is 279 g/mol. The van der Waals surface area contributed by atoms with Crippen molar-refractivity contribution in [2.45, 2.75) is 25.0 Å². The predicted molar refractivity (Wildman–Crippen MR) is 70.0 cm³/mol. The first-order valence-electron chi connectivity index (χ1n) is 6.34. The maximum absolute atomic E-state index is 12.2. The third kappa shape index (κ3) is 3.08. The van der Waals surface area contributed by atoms with Gasteiger partial charge in [0.15, 0.2) is 0 Å². The smallest absolute Gasteiger partial charge is 0.328 e. The van der Waals surface area contributed by atoms with Crippen LogP contribution in [0.15, 0.2) is 24.3 Å². The zero-order valence-corrected chi connectivity index (χ0v) is 11.2. The van der Waals surface area contributed by atoms with Crippen molar-refractivity contribution in [3.05, 3.63) is 29.8 Å². The van der Waals surface area contributed by atoms with Crippen molar-refractivity contribution in [2.24, 2.45) is 0 Å². The third-order valence-electron chi connectivity index (χ3n) is 3.36. The second kappa shape index (κ2) is 5.92. The number of aliphatic hydroxyl groups is 1. The number of aromatic hydroxyl groups is 1. The molecule has 1 fully saturated rings. The number of β-amino-alcohol motifs (C(OH)–C–C–N with tert-alkyl or cyclic N) is 1. The minimum atomic E-state index is -0.723. The van der Waals surface area contributed by atoms with Crippen molar-refractivity contribution in [2.75, 3.05) is 13.7 Å². The summed E-state index contributed by atoms with van der Waals surface area (Å²) in [6.45, 7) is 0.136. The van der Waals surface area contributed by atoms with Gasteiger partial charge in [0.2, 0.25) is 5.91 Å². The van der Waals surface area contributed by atoms with Crippen molar-refractivity contribution in [1.29, 1.82) is 0 Å². The van der Waals surface area contributed by atoms with E-state index in [-0.39, 0.29) is 31.0 Å². The van der Waals surface area contributed by atoms with Crippen LogP contribution in [0.3, 0.4) is 0 Å². The molecule has 6 heteroatoms. The van der Waals surface area contributed by atoms with Gasteiger partial charge < -0.3 is 19.8 Å². The Balaban J connectivity index is 2.07. The summed E-state index contributed by atoms with van der Waals surface area (Å²) in [6.07, 6.45) is -0.392. The number of methoxy groups -OCH3 is 1. The zero-order chi connectivity index (χ0) is 14.7. The van der Waals surface area contributed by atoms with Gasteiger partial charge in [-0.15, -0.1) is 0 Å². The summed E-state index contributed by atoms with van der Waals surface area (Å²) in [5.41, 5.74) is 0.734. The van der Waals surface area contributed by atoms with Gasteiger partial charge in [-0.2, -0.15) is 0 Å². The Hall–Kier alpha value is -2.08. The molecule has 2 N–H and O–H groups in total. The van der Waals surface area contributed by atoms with Crippen LogP contribution in [0.2, 0.25) is 0 Å². The molecule has 2 rings (SSSR count). The van der Waals surface area contributed by atoms with E-state index in [1.165, 1.54) is 24.1 Å². The first kappa shape index (κ1) is 14.3. The Bertz CT molecular complexity index is 499. The summed E-state index contributed by atoms with van der Waals surface area (Å²) in [4.78, 5) is 25.2. The first-order valence-corrected chi connectivity index (χ1v) is 6.34. The standard InChI is InChI=1S/C14H17NO5/c1-20-14(19)12-7-11(17)8-15(12)13(18)6-9-2-4-10(16)5-3-9/h2-5,11-12,16-17H,6-8H2,1H3. The second-order valence-corrected chi connectivity index (χ2v) is 4.82. The molecule has 1 amide bonds. The minimum absolute atomic E-state index is 0.112. The van der Waals surface area contributed by atoms with Crippen LogP contribution in [0.4, 0.5) is 0 Å². The number of phenolic OH excluding ortho intramolecular Hbond substituents is 1. The normalized spacial score (nSPS) is 21.8. The molecule has 2 unspecified atom stereocenters. The number of aliphatic hydroxyl groups excluding tert-OH is 1. The molecule has 1 heterocycles. The van der Waals surface area contributed by atoms with Crippen LogP contribution in [0, 0.1) is 0 Å². The van der Waals surface area contributed by atoms with Gasteiger partial charge in [0.1, 0.15) is 11.8 Å². The predicted octanol–water partition coefficient (Wildman–Crippen LogP) is 0.0695. The summed E-state index contributed by atoms with van der Waals surface area (Å²) >= 11 is 0. The van der Waals surface area contributed by atoms with E-state index >= 15 is 0 Å². The molecule has 1 aromatic rings. The maximum Gasteiger partial charge on any atom is 0.328 e. The Morgan fingerprint density at radius 3 is 2.60 bits per heavy atom. The molecule has 20 heavy (non-hydrogen) atoms. The molecule has 0 spiro atoms. The molecule has 0 aromatic heterocycles. The molecule has 1 aliphatic heterocycles. The van der Waals surface area contributed by atoms with Crippen LogP contribution < -0.4 is 0 Å². The number of rotatable bonds is 3. The van der Waals surface area contributed by atoms with Crippen LogP contribution in [0.1, 0.15) is 12.0 Å². The van der Waals surface area contributed by atoms with Crippen LogP contribution in [0.25, 0.3) is 0 Å². The fraction of sp³-hybridized carbons (Fsp3) is 0.429. The number of ether oxygens (including phenoxy) is 1. The van der Waals surface area contributed by atoms with Crippen LogP contribution in [-0.4, -0.2) is 52.8 Å². The van der Waals surface area contributed by atoms with E-state index in [1.54, 1.807) is 12.1 Å². The molecule has 0 radical (unpaired) electrons. The highest BCUT2D eigenvalue weighted by atomic mass is 16.5. The second-order valence-electron chi connectivity index (χ2n) is 4.82. The van der Waals surface area contributed by atoms with E-state index in [0.717, 1.165) is 5.56 Å². The van der Waals surface area contributed by atoms with E-state index in [1.807, 2.05) is 0 Å². The number of carbonyl (C=O) groups excluding carboxylic acids is 2. The van der Waals surface area contributed by atoms with Gasteiger partial charge in [-0.1, -0.05) is 12.1 Å². The topological polar surface area (TPSA) is 87.1 Å². The van der Waals surface area contributed by atoms with E-state index < -0.39 is 18.1 Å². The zero-order valence-electron chi connectivity index (χ0n) is 11.2. The van der Waals surface area contributed by atoms with Gasteiger partial charge in [-0.05, 0) is 17.7 Å². The van der Waals surface area contributed by atoms with Crippen molar-refractivity contribution < 1.29 is 24.5 Å². The van der Waals surface area contributed by atoms with Crippen LogP contribution in [-0.2, 0) is 20.7 Å². The molecular weight excluding hydrogens is 262 g/mol. The van der Waals surface area contributed by atoms with Gasteiger partial charge >= 0.3 is 5.97 Å². The molecular formula is C14H17NO5. The Morgan fingerprint density at radius 1 is 1.35 bits per heavy atom. The molecule has 1 aromatic carbocycles. The highest BCUT2D eigenvalue weighted by Crippen LogP contribution is 2.21. The molecule has 2 atom stereocenters. The molecule has 1 saturated heterocycles. The summed E-state index contributed by atoms with van der Waals surface area (Å²) in [6, 6.07) is 5.57. The molecule has 1 aliphatic rings. The number of benzene rings is 1. The maximum atomic E-state index is 12.2. The minimum Gasteiger partial charge on any atom is -0.508 e. The van der Waals surface area contributed by atoms with Crippen molar-refractivity contribution in [3.8, 4) is 5.75 Å². The van der Waals surface area contributed by atoms with Gasteiger partial charge in [0, 0.05) is 13.0 Å². The fourth-order valence-electron chi connectivity index (χ4n) is 2.34. The molecule has 0 bridgehead atoms. The SMILES string of the molecule is COC(=O)C1CC(O)CN1C(=O)Cc1ccc(O)cc1. The van der Waals surface area contributed by atoms with Gasteiger partial charge in [0.05, 0.1) is 19.6 Å². The average Bonchev–Trinajstić information content (AvgIpc) is 2.82. The lowest BCUT2D eigenvalue weighted by molar-refractivity contribution is -0.150. The molecule has 6 nitrogen and oxygen atoms in total.